The summed E-state index contributed by atoms with van der Waals surface area (Å²) in [6.07, 6.45) is 4.49. The van der Waals surface area contributed by atoms with Gasteiger partial charge < -0.3 is 9.64 Å². The van der Waals surface area contributed by atoms with Crippen molar-refractivity contribution in [3.05, 3.63) is 23.9 Å². The average molecular weight is 255 g/mol. The Morgan fingerprint density at radius 1 is 1.59 bits per heavy atom. The van der Waals surface area contributed by atoms with Gasteiger partial charge >= 0.3 is 0 Å². The van der Waals surface area contributed by atoms with Gasteiger partial charge in [-0.2, -0.15) is 0 Å². The van der Waals surface area contributed by atoms with Gasteiger partial charge in [-0.05, 0) is 37.5 Å². The second kappa shape index (κ2) is 6.22. The monoisotopic (exact) mass is 254 g/mol. The molecule has 0 N–H and O–H groups in total. The number of hydrogen-bond donors (Lipinski definition) is 0. The number of halogens is 1. The summed E-state index contributed by atoms with van der Waals surface area (Å²) in [7, 11) is 0. The number of anilines is 1. The largest absolute Gasteiger partial charge is 0.377 e. The molecule has 1 aromatic heterocycles. The molecule has 1 aliphatic rings. The predicted molar refractivity (Wildman–Crippen MR) is 70.7 cm³/mol. The van der Waals surface area contributed by atoms with Crippen LogP contribution in [0.4, 0.5) is 5.82 Å². The number of ether oxygens (including phenoxy) is 1. The van der Waals surface area contributed by atoms with Gasteiger partial charge in [-0.25, -0.2) is 4.98 Å². The van der Waals surface area contributed by atoms with E-state index in [4.69, 9.17) is 16.3 Å². The van der Waals surface area contributed by atoms with E-state index in [9.17, 15) is 0 Å². The second-order valence-corrected chi connectivity index (χ2v) is 4.59. The molecule has 0 aromatic carbocycles. The first-order valence-corrected chi connectivity index (χ1v) is 6.74. The maximum absolute atomic E-state index is 5.85. The summed E-state index contributed by atoms with van der Waals surface area (Å²) in [6.45, 7) is 4.83. The summed E-state index contributed by atoms with van der Waals surface area (Å²) in [6, 6.07) is 4.03. The summed E-state index contributed by atoms with van der Waals surface area (Å²) in [5.41, 5.74) is 1.12. The number of nitrogens with zero attached hydrogens (tertiary/aromatic N) is 2. The standard InChI is InChI=1S/C13H19ClN2O/c1-2-17-12-4-3-7-16(10-12)13-8-11(9-14)5-6-15-13/h5-6,8,12H,2-4,7,9-10H2,1H3. The van der Waals surface area contributed by atoms with E-state index in [1.807, 2.05) is 19.2 Å². The molecular formula is C13H19ClN2O. The van der Waals surface area contributed by atoms with Gasteiger partial charge in [0, 0.05) is 31.8 Å². The molecule has 94 valence electrons. The van der Waals surface area contributed by atoms with Crippen molar-refractivity contribution in [3.8, 4) is 0 Å². The van der Waals surface area contributed by atoms with E-state index < -0.39 is 0 Å². The van der Waals surface area contributed by atoms with Crippen LogP contribution in [0.5, 0.6) is 0 Å². The first-order valence-electron chi connectivity index (χ1n) is 6.21. The maximum atomic E-state index is 5.85. The van der Waals surface area contributed by atoms with Gasteiger partial charge in [0.15, 0.2) is 0 Å². The Morgan fingerprint density at radius 3 is 3.24 bits per heavy atom. The molecule has 0 amide bonds. The molecule has 1 atom stereocenters. The third-order valence-corrected chi connectivity index (χ3v) is 3.38. The Hall–Kier alpha value is -0.800. The lowest BCUT2D eigenvalue weighted by atomic mass is 10.1. The fourth-order valence-corrected chi connectivity index (χ4v) is 2.40. The summed E-state index contributed by atoms with van der Waals surface area (Å²) in [5, 5.41) is 0. The van der Waals surface area contributed by atoms with E-state index in [2.05, 4.69) is 16.0 Å². The van der Waals surface area contributed by atoms with Crippen LogP contribution < -0.4 is 4.90 Å². The summed E-state index contributed by atoms with van der Waals surface area (Å²) < 4.78 is 5.70. The van der Waals surface area contributed by atoms with E-state index in [1.165, 1.54) is 0 Å². The normalized spacial score (nSPS) is 20.6. The molecule has 0 radical (unpaired) electrons. The van der Waals surface area contributed by atoms with Crippen molar-refractivity contribution in [1.82, 2.24) is 4.98 Å². The molecule has 0 bridgehead atoms. The van der Waals surface area contributed by atoms with Crippen LogP contribution >= 0.6 is 11.6 Å². The molecule has 17 heavy (non-hydrogen) atoms. The number of piperidine rings is 1. The van der Waals surface area contributed by atoms with Crippen LogP contribution in [0.2, 0.25) is 0 Å². The van der Waals surface area contributed by atoms with Crippen molar-refractivity contribution < 1.29 is 4.74 Å². The summed E-state index contributed by atoms with van der Waals surface area (Å²) in [4.78, 5) is 6.71. The molecule has 1 aromatic rings. The van der Waals surface area contributed by atoms with Crippen LogP contribution in [0.15, 0.2) is 18.3 Å². The molecule has 0 saturated carbocycles. The summed E-state index contributed by atoms with van der Waals surface area (Å²) in [5.74, 6) is 1.56. The Labute approximate surface area is 108 Å². The molecule has 0 spiro atoms. The molecule has 2 heterocycles. The SMILES string of the molecule is CCOC1CCCN(c2cc(CCl)ccn2)C1. The van der Waals surface area contributed by atoms with Crippen molar-refractivity contribution in [2.75, 3.05) is 24.6 Å². The van der Waals surface area contributed by atoms with Crippen LogP contribution in [0, 0.1) is 0 Å². The highest BCUT2D eigenvalue weighted by atomic mass is 35.5. The molecule has 3 nitrogen and oxygen atoms in total. The van der Waals surface area contributed by atoms with Gasteiger partial charge in [0.25, 0.3) is 0 Å². The zero-order valence-electron chi connectivity index (χ0n) is 10.2. The van der Waals surface area contributed by atoms with Crippen LogP contribution in [-0.2, 0) is 10.6 Å². The van der Waals surface area contributed by atoms with Crippen molar-refractivity contribution in [1.29, 1.82) is 0 Å². The number of alkyl halides is 1. The number of pyridine rings is 1. The molecule has 1 aliphatic heterocycles. The zero-order chi connectivity index (χ0) is 12.1. The molecule has 1 saturated heterocycles. The van der Waals surface area contributed by atoms with Crippen LogP contribution in [0.25, 0.3) is 0 Å². The predicted octanol–water partition coefficient (Wildman–Crippen LogP) is 2.83. The highest BCUT2D eigenvalue weighted by molar-refractivity contribution is 6.17. The second-order valence-electron chi connectivity index (χ2n) is 4.32. The van der Waals surface area contributed by atoms with E-state index in [-0.39, 0.29) is 0 Å². The van der Waals surface area contributed by atoms with Crippen molar-refractivity contribution >= 4 is 17.4 Å². The van der Waals surface area contributed by atoms with Crippen molar-refractivity contribution in [2.24, 2.45) is 0 Å². The van der Waals surface area contributed by atoms with Gasteiger partial charge in [-0.15, -0.1) is 11.6 Å². The third kappa shape index (κ3) is 3.33. The fraction of sp³-hybridized carbons (Fsp3) is 0.615. The smallest absolute Gasteiger partial charge is 0.128 e. The van der Waals surface area contributed by atoms with E-state index in [0.717, 1.165) is 43.9 Å². The Balaban J connectivity index is 2.05. The highest BCUT2D eigenvalue weighted by Crippen LogP contribution is 2.20. The molecule has 2 rings (SSSR count). The number of hydrogen-bond acceptors (Lipinski definition) is 3. The van der Waals surface area contributed by atoms with Gasteiger partial charge in [-0.3, -0.25) is 0 Å². The van der Waals surface area contributed by atoms with E-state index in [1.54, 1.807) is 0 Å². The number of aromatic nitrogens is 1. The Bertz CT molecular complexity index is 357. The average Bonchev–Trinajstić information content (AvgIpc) is 2.40. The minimum Gasteiger partial charge on any atom is -0.377 e. The van der Waals surface area contributed by atoms with Crippen LogP contribution in [-0.4, -0.2) is 30.8 Å². The third-order valence-electron chi connectivity index (χ3n) is 3.07. The first kappa shape index (κ1) is 12.7. The fourth-order valence-electron chi connectivity index (χ4n) is 2.23. The van der Waals surface area contributed by atoms with Gasteiger partial charge in [0.1, 0.15) is 5.82 Å². The Morgan fingerprint density at radius 2 is 2.47 bits per heavy atom. The summed E-state index contributed by atoms with van der Waals surface area (Å²) >= 11 is 5.85. The lowest BCUT2D eigenvalue weighted by molar-refractivity contribution is 0.0525. The molecular weight excluding hydrogens is 236 g/mol. The van der Waals surface area contributed by atoms with Gasteiger partial charge in [-0.1, -0.05) is 0 Å². The maximum Gasteiger partial charge on any atom is 0.128 e. The van der Waals surface area contributed by atoms with Crippen LogP contribution in [0.3, 0.4) is 0 Å². The minimum absolute atomic E-state index is 0.343. The Kier molecular flexibility index (Phi) is 4.63. The quantitative estimate of drug-likeness (QED) is 0.773. The first-order chi connectivity index (χ1) is 8.33. The highest BCUT2D eigenvalue weighted by Gasteiger charge is 2.20. The molecule has 0 aliphatic carbocycles. The van der Waals surface area contributed by atoms with Gasteiger partial charge in [0.2, 0.25) is 0 Å². The van der Waals surface area contributed by atoms with Gasteiger partial charge in [0.05, 0.1) is 6.10 Å². The van der Waals surface area contributed by atoms with Crippen molar-refractivity contribution in [2.45, 2.75) is 31.7 Å². The molecule has 4 heteroatoms. The minimum atomic E-state index is 0.343. The molecule has 1 fully saturated rings. The van der Waals surface area contributed by atoms with Crippen LogP contribution in [0.1, 0.15) is 25.3 Å². The number of rotatable bonds is 4. The topological polar surface area (TPSA) is 25.4 Å². The van der Waals surface area contributed by atoms with E-state index in [0.29, 0.717) is 12.0 Å². The molecule has 1 unspecified atom stereocenters. The lowest BCUT2D eigenvalue weighted by Crippen LogP contribution is -2.40. The van der Waals surface area contributed by atoms with E-state index >= 15 is 0 Å². The zero-order valence-corrected chi connectivity index (χ0v) is 11.0. The van der Waals surface area contributed by atoms with Crippen molar-refractivity contribution in [3.63, 3.8) is 0 Å². The lowest BCUT2D eigenvalue weighted by Gasteiger charge is -2.33.